The van der Waals surface area contributed by atoms with Gasteiger partial charge in [0.05, 0.1) is 6.61 Å². The van der Waals surface area contributed by atoms with E-state index in [2.05, 4.69) is 31.2 Å². The van der Waals surface area contributed by atoms with Crippen molar-refractivity contribution in [1.29, 1.82) is 0 Å². The lowest BCUT2D eigenvalue weighted by Crippen LogP contribution is -2.03. The summed E-state index contributed by atoms with van der Waals surface area (Å²) in [5, 5.41) is 0. The van der Waals surface area contributed by atoms with Crippen LogP contribution in [0.3, 0.4) is 0 Å². The van der Waals surface area contributed by atoms with Gasteiger partial charge in [0, 0.05) is 13.3 Å². The molecule has 0 N–H and O–H groups in total. The molecule has 0 aliphatic carbocycles. The van der Waals surface area contributed by atoms with E-state index in [1.165, 1.54) is 63.0 Å². The average molecular weight is 276 g/mol. The van der Waals surface area contributed by atoms with Gasteiger partial charge in [-0.2, -0.15) is 0 Å². The number of unbranched alkanes of at least 4 members (excludes halogenated alkanes) is 5. The Balaban J connectivity index is 2.16. The van der Waals surface area contributed by atoms with Crippen molar-refractivity contribution in [3.05, 3.63) is 35.4 Å². The second-order valence-electron chi connectivity index (χ2n) is 5.42. The highest BCUT2D eigenvalue weighted by Gasteiger charge is 1.98. The van der Waals surface area contributed by atoms with Crippen LogP contribution in [0, 0.1) is 0 Å². The Bertz CT molecular complexity index is 368. The molecule has 0 saturated heterocycles. The first kappa shape index (κ1) is 16.7. The van der Waals surface area contributed by atoms with Crippen LogP contribution in [0.2, 0.25) is 0 Å². The number of esters is 1. The summed E-state index contributed by atoms with van der Waals surface area (Å²) in [7, 11) is 0. The molecule has 1 aromatic rings. The van der Waals surface area contributed by atoms with Crippen LogP contribution in [0.4, 0.5) is 0 Å². The van der Waals surface area contributed by atoms with Crippen molar-refractivity contribution in [2.75, 3.05) is 6.61 Å². The maximum Gasteiger partial charge on any atom is 0.302 e. The smallest absolute Gasteiger partial charge is 0.302 e. The summed E-state index contributed by atoms with van der Waals surface area (Å²) < 4.78 is 4.95. The number of carbonyl (C=O) groups is 1. The van der Waals surface area contributed by atoms with E-state index in [9.17, 15) is 4.79 Å². The van der Waals surface area contributed by atoms with Crippen molar-refractivity contribution >= 4 is 5.97 Å². The lowest BCUT2D eigenvalue weighted by Gasteiger charge is -2.05. The van der Waals surface area contributed by atoms with Crippen LogP contribution in [0.25, 0.3) is 0 Å². The molecule has 0 aliphatic rings. The Morgan fingerprint density at radius 1 is 0.900 bits per heavy atom. The van der Waals surface area contributed by atoms with Crippen molar-refractivity contribution in [3.8, 4) is 0 Å². The van der Waals surface area contributed by atoms with E-state index in [1.54, 1.807) is 0 Å². The summed E-state index contributed by atoms with van der Waals surface area (Å²) in [5.41, 5.74) is 2.65. The highest BCUT2D eigenvalue weighted by Crippen LogP contribution is 2.11. The molecule has 1 aromatic carbocycles. The summed E-state index contributed by atoms with van der Waals surface area (Å²) in [6.07, 6.45) is 10.0. The van der Waals surface area contributed by atoms with Crippen molar-refractivity contribution in [1.82, 2.24) is 0 Å². The van der Waals surface area contributed by atoms with Gasteiger partial charge in [-0.3, -0.25) is 4.79 Å². The molecule has 2 heteroatoms. The van der Waals surface area contributed by atoms with Crippen LogP contribution < -0.4 is 0 Å². The lowest BCUT2D eigenvalue weighted by molar-refractivity contribution is -0.140. The number of rotatable bonds is 10. The number of hydrogen-bond acceptors (Lipinski definition) is 2. The molecule has 0 saturated carbocycles. The summed E-state index contributed by atoms with van der Waals surface area (Å²) in [4.78, 5) is 10.7. The fourth-order valence-corrected chi connectivity index (χ4v) is 2.29. The van der Waals surface area contributed by atoms with Crippen LogP contribution in [-0.2, 0) is 22.4 Å². The Hall–Kier alpha value is -1.31. The third-order valence-electron chi connectivity index (χ3n) is 3.54. The maximum absolute atomic E-state index is 10.7. The van der Waals surface area contributed by atoms with Crippen molar-refractivity contribution in [3.63, 3.8) is 0 Å². The molecule has 0 amide bonds. The minimum absolute atomic E-state index is 0.204. The number of aryl methyl sites for hydroxylation is 1. The third-order valence-corrected chi connectivity index (χ3v) is 3.54. The lowest BCUT2D eigenvalue weighted by atomic mass is 10.0. The standard InChI is InChI=1S/C18H28O2/c1-3-4-5-6-7-8-9-17-10-12-18(13-11-17)14-15-20-16(2)19/h10-13H,3-9,14-15H2,1-2H3. The Labute approximate surface area is 123 Å². The predicted octanol–water partition coefficient (Wildman–Crippen LogP) is 4.70. The van der Waals surface area contributed by atoms with Gasteiger partial charge in [-0.05, 0) is 24.0 Å². The quantitative estimate of drug-likeness (QED) is 0.457. The minimum atomic E-state index is -0.204. The molecular weight excluding hydrogens is 248 g/mol. The number of carbonyl (C=O) groups excluding carboxylic acids is 1. The number of benzene rings is 1. The zero-order valence-corrected chi connectivity index (χ0v) is 13.0. The highest BCUT2D eigenvalue weighted by atomic mass is 16.5. The largest absolute Gasteiger partial charge is 0.466 e. The molecule has 0 heterocycles. The van der Waals surface area contributed by atoms with Crippen LogP contribution in [0.1, 0.15) is 63.5 Å². The van der Waals surface area contributed by atoms with Gasteiger partial charge < -0.3 is 4.74 Å². The molecule has 0 radical (unpaired) electrons. The first-order valence-corrected chi connectivity index (χ1v) is 7.93. The van der Waals surface area contributed by atoms with Gasteiger partial charge in [0.15, 0.2) is 0 Å². The fraction of sp³-hybridized carbons (Fsp3) is 0.611. The molecule has 20 heavy (non-hydrogen) atoms. The van der Waals surface area contributed by atoms with Gasteiger partial charge in [0.1, 0.15) is 0 Å². The number of hydrogen-bond donors (Lipinski definition) is 0. The normalized spacial score (nSPS) is 10.5. The highest BCUT2D eigenvalue weighted by molar-refractivity contribution is 5.65. The second kappa shape index (κ2) is 10.5. The van der Waals surface area contributed by atoms with Gasteiger partial charge in [0.2, 0.25) is 0 Å². The van der Waals surface area contributed by atoms with Crippen LogP contribution in [0.15, 0.2) is 24.3 Å². The molecule has 2 nitrogen and oxygen atoms in total. The van der Waals surface area contributed by atoms with E-state index in [4.69, 9.17) is 4.74 Å². The van der Waals surface area contributed by atoms with E-state index < -0.39 is 0 Å². The fourth-order valence-electron chi connectivity index (χ4n) is 2.29. The van der Waals surface area contributed by atoms with E-state index in [-0.39, 0.29) is 5.97 Å². The SMILES string of the molecule is CCCCCCCCc1ccc(CCOC(C)=O)cc1. The minimum Gasteiger partial charge on any atom is -0.466 e. The van der Waals surface area contributed by atoms with Gasteiger partial charge >= 0.3 is 5.97 Å². The van der Waals surface area contributed by atoms with Crippen LogP contribution in [0.5, 0.6) is 0 Å². The average Bonchev–Trinajstić information content (AvgIpc) is 2.44. The first-order valence-electron chi connectivity index (χ1n) is 7.93. The third kappa shape index (κ3) is 7.98. The summed E-state index contributed by atoms with van der Waals surface area (Å²) in [6, 6.07) is 8.70. The Kier molecular flexibility index (Phi) is 8.77. The van der Waals surface area contributed by atoms with Crippen molar-refractivity contribution in [2.24, 2.45) is 0 Å². The Morgan fingerprint density at radius 2 is 1.45 bits per heavy atom. The second-order valence-corrected chi connectivity index (χ2v) is 5.42. The zero-order chi connectivity index (χ0) is 14.6. The van der Waals surface area contributed by atoms with Gasteiger partial charge in [0.25, 0.3) is 0 Å². The Morgan fingerprint density at radius 3 is 2.05 bits per heavy atom. The molecule has 1 rings (SSSR count). The molecule has 0 aliphatic heterocycles. The molecule has 0 unspecified atom stereocenters. The summed E-state index contributed by atoms with van der Waals surface area (Å²) in [5.74, 6) is -0.204. The number of ether oxygens (including phenoxy) is 1. The van der Waals surface area contributed by atoms with E-state index in [0.717, 1.165) is 6.42 Å². The predicted molar refractivity (Wildman–Crippen MR) is 83.9 cm³/mol. The summed E-state index contributed by atoms with van der Waals surface area (Å²) in [6.45, 7) is 4.18. The molecule has 112 valence electrons. The van der Waals surface area contributed by atoms with Crippen molar-refractivity contribution in [2.45, 2.75) is 65.2 Å². The molecule has 0 bridgehead atoms. The molecule has 0 aromatic heterocycles. The van der Waals surface area contributed by atoms with E-state index in [0.29, 0.717) is 6.61 Å². The molecular formula is C18H28O2. The zero-order valence-electron chi connectivity index (χ0n) is 13.0. The molecule has 0 spiro atoms. The molecule has 0 atom stereocenters. The summed E-state index contributed by atoms with van der Waals surface area (Å²) >= 11 is 0. The molecule has 0 fully saturated rings. The monoisotopic (exact) mass is 276 g/mol. The van der Waals surface area contributed by atoms with E-state index >= 15 is 0 Å². The maximum atomic E-state index is 10.7. The van der Waals surface area contributed by atoms with E-state index in [1.807, 2.05) is 0 Å². The van der Waals surface area contributed by atoms with Crippen molar-refractivity contribution < 1.29 is 9.53 Å². The first-order chi connectivity index (χ1) is 9.72. The van der Waals surface area contributed by atoms with Crippen LogP contribution in [-0.4, -0.2) is 12.6 Å². The van der Waals surface area contributed by atoms with Gasteiger partial charge in [-0.1, -0.05) is 63.3 Å². The topological polar surface area (TPSA) is 26.3 Å². The van der Waals surface area contributed by atoms with Gasteiger partial charge in [-0.15, -0.1) is 0 Å². The van der Waals surface area contributed by atoms with Gasteiger partial charge in [-0.25, -0.2) is 0 Å². The van der Waals surface area contributed by atoms with Crippen LogP contribution >= 0.6 is 0 Å².